The van der Waals surface area contributed by atoms with E-state index in [1.54, 1.807) is 25.1 Å². The molecule has 0 unspecified atom stereocenters. The Hall–Kier alpha value is -3.52. The van der Waals surface area contributed by atoms with E-state index < -0.39 is 17.9 Å². The molecule has 144 valence electrons. The van der Waals surface area contributed by atoms with E-state index in [0.717, 1.165) is 5.56 Å². The fourth-order valence-corrected chi connectivity index (χ4v) is 3.02. The zero-order valence-electron chi connectivity index (χ0n) is 15.4. The number of fused-ring (bicyclic) bond motifs is 1. The number of rotatable bonds is 6. The van der Waals surface area contributed by atoms with Crippen LogP contribution >= 0.6 is 0 Å². The first-order valence-electron chi connectivity index (χ1n) is 8.79. The maximum Gasteiger partial charge on any atom is 0.272 e. The number of hydrogen-bond acceptors (Lipinski definition) is 5. The highest BCUT2D eigenvalue weighted by molar-refractivity contribution is 5.88. The maximum absolute atomic E-state index is 12.6. The summed E-state index contributed by atoms with van der Waals surface area (Å²) >= 11 is 0. The third-order valence-corrected chi connectivity index (χ3v) is 4.39. The van der Waals surface area contributed by atoms with Crippen LogP contribution in [0.1, 0.15) is 11.3 Å². The average molecular weight is 379 g/mol. The lowest BCUT2D eigenvalue weighted by atomic mass is 10.1. The van der Waals surface area contributed by atoms with Crippen LogP contribution in [-0.2, 0) is 22.6 Å². The molecule has 0 aliphatic heterocycles. The van der Waals surface area contributed by atoms with Crippen molar-refractivity contribution in [2.24, 2.45) is 5.84 Å². The highest BCUT2D eigenvalue weighted by Crippen LogP contribution is 2.10. The lowest BCUT2D eigenvalue weighted by molar-refractivity contribution is -0.129. The molecule has 0 aliphatic carbocycles. The molecule has 2 amide bonds. The van der Waals surface area contributed by atoms with Crippen molar-refractivity contribution in [2.75, 3.05) is 0 Å². The van der Waals surface area contributed by atoms with Gasteiger partial charge in [-0.05, 0) is 24.6 Å². The van der Waals surface area contributed by atoms with E-state index in [1.807, 2.05) is 36.4 Å². The van der Waals surface area contributed by atoms with Gasteiger partial charge in [0, 0.05) is 6.42 Å². The third kappa shape index (κ3) is 4.24. The molecule has 28 heavy (non-hydrogen) atoms. The maximum atomic E-state index is 12.6. The summed E-state index contributed by atoms with van der Waals surface area (Å²) in [6.07, 6.45) is 0.278. The van der Waals surface area contributed by atoms with E-state index in [4.69, 9.17) is 5.84 Å². The molecule has 3 aromatic rings. The molecule has 0 spiro atoms. The number of para-hydroxylation sites is 2. The molecule has 0 bridgehead atoms. The highest BCUT2D eigenvalue weighted by atomic mass is 16.2. The Morgan fingerprint density at radius 1 is 1.11 bits per heavy atom. The zero-order chi connectivity index (χ0) is 20.1. The number of hydrogen-bond donors (Lipinski definition) is 3. The van der Waals surface area contributed by atoms with Crippen LogP contribution < -0.4 is 22.1 Å². The van der Waals surface area contributed by atoms with Gasteiger partial charge in [0.2, 0.25) is 5.91 Å². The molecule has 1 atom stereocenters. The average Bonchev–Trinajstić information content (AvgIpc) is 2.71. The number of nitrogens with one attached hydrogen (secondary N) is 2. The fourth-order valence-electron chi connectivity index (χ4n) is 3.02. The number of carbonyl (C=O) groups excluding carboxylic acids is 2. The Bertz CT molecular complexity index is 1060. The van der Waals surface area contributed by atoms with Crippen LogP contribution in [0.5, 0.6) is 0 Å². The third-order valence-electron chi connectivity index (χ3n) is 4.39. The van der Waals surface area contributed by atoms with Crippen LogP contribution in [0.2, 0.25) is 0 Å². The minimum Gasteiger partial charge on any atom is -0.342 e. The summed E-state index contributed by atoms with van der Waals surface area (Å²) < 4.78 is 1.35. The Balaban J connectivity index is 1.84. The molecule has 0 radical (unpaired) electrons. The Morgan fingerprint density at radius 3 is 2.50 bits per heavy atom. The molecule has 0 fully saturated rings. The smallest absolute Gasteiger partial charge is 0.272 e. The SMILES string of the molecule is Cc1nc2ccccc2n(CC(=O)N[C@@H](Cc2ccccc2)C(=O)NN)c1=O. The number of benzene rings is 2. The van der Waals surface area contributed by atoms with Crippen LogP contribution in [0, 0.1) is 6.92 Å². The second-order valence-electron chi connectivity index (χ2n) is 6.40. The van der Waals surface area contributed by atoms with Crippen molar-refractivity contribution in [1.82, 2.24) is 20.3 Å². The van der Waals surface area contributed by atoms with Gasteiger partial charge in [-0.1, -0.05) is 42.5 Å². The second kappa shape index (κ2) is 8.45. The number of carbonyl (C=O) groups is 2. The van der Waals surface area contributed by atoms with Crippen molar-refractivity contribution >= 4 is 22.8 Å². The minimum atomic E-state index is -0.857. The first-order valence-corrected chi connectivity index (χ1v) is 8.79. The first kappa shape index (κ1) is 19.2. The van der Waals surface area contributed by atoms with Crippen molar-refractivity contribution in [1.29, 1.82) is 0 Å². The van der Waals surface area contributed by atoms with Gasteiger partial charge >= 0.3 is 0 Å². The molecule has 8 heteroatoms. The van der Waals surface area contributed by atoms with E-state index in [9.17, 15) is 14.4 Å². The summed E-state index contributed by atoms with van der Waals surface area (Å²) in [6.45, 7) is 1.37. The van der Waals surface area contributed by atoms with Gasteiger partial charge in [-0.15, -0.1) is 0 Å². The van der Waals surface area contributed by atoms with Crippen molar-refractivity contribution < 1.29 is 9.59 Å². The van der Waals surface area contributed by atoms with Crippen LogP contribution in [0.4, 0.5) is 0 Å². The van der Waals surface area contributed by atoms with Crippen molar-refractivity contribution in [2.45, 2.75) is 25.9 Å². The van der Waals surface area contributed by atoms with Gasteiger partial charge in [0.1, 0.15) is 18.3 Å². The molecule has 1 aromatic heterocycles. The number of amides is 2. The number of hydrazine groups is 1. The molecule has 8 nitrogen and oxygen atoms in total. The van der Waals surface area contributed by atoms with Crippen molar-refractivity contribution in [3.8, 4) is 0 Å². The summed E-state index contributed by atoms with van der Waals surface area (Å²) in [5.74, 6) is 4.28. The van der Waals surface area contributed by atoms with Gasteiger partial charge in [0.05, 0.1) is 11.0 Å². The predicted octanol–water partition coefficient (Wildman–Crippen LogP) is 0.422. The zero-order valence-corrected chi connectivity index (χ0v) is 15.4. The van der Waals surface area contributed by atoms with Gasteiger partial charge in [0.25, 0.3) is 11.5 Å². The lowest BCUT2D eigenvalue weighted by Gasteiger charge is -2.18. The Kier molecular flexibility index (Phi) is 5.81. The number of aromatic nitrogens is 2. The number of nitrogens with zero attached hydrogens (tertiary/aromatic N) is 2. The number of nitrogens with two attached hydrogens (primary N) is 1. The summed E-state index contributed by atoms with van der Waals surface area (Å²) in [4.78, 5) is 41.5. The quantitative estimate of drug-likeness (QED) is 0.326. The van der Waals surface area contributed by atoms with Gasteiger partial charge < -0.3 is 5.32 Å². The summed E-state index contributed by atoms with van der Waals surface area (Å²) in [5.41, 5.74) is 4.06. The van der Waals surface area contributed by atoms with Crippen molar-refractivity contribution in [3.05, 3.63) is 76.2 Å². The molecular formula is C20H21N5O3. The molecule has 0 saturated carbocycles. The molecule has 4 N–H and O–H groups in total. The van der Waals surface area contributed by atoms with E-state index in [1.165, 1.54) is 4.57 Å². The minimum absolute atomic E-state index is 0.230. The van der Waals surface area contributed by atoms with Crippen LogP contribution in [0.3, 0.4) is 0 Å². The van der Waals surface area contributed by atoms with Crippen LogP contribution in [-0.4, -0.2) is 27.4 Å². The monoisotopic (exact) mass is 379 g/mol. The van der Waals surface area contributed by atoms with E-state index in [0.29, 0.717) is 16.7 Å². The molecule has 0 saturated heterocycles. The van der Waals surface area contributed by atoms with Crippen LogP contribution in [0.25, 0.3) is 11.0 Å². The molecule has 0 aliphatic rings. The topological polar surface area (TPSA) is 119 Å². The molecule has 2 aromatic carbocycles. The van der Waals surface area contributed by atoms with Gasteiger partial charge in [-0.2, -0.15) is 0 Å². The second-order valence-corrected chi connectivity index (χ2v) is 6.40. The normalized spacial score (nSPS) is 11.8. The fraction of sp³-hybridized carbons (Fsp3) is 0.200. The largest absolute Gasteiger partial charge is 0.342 e. The molecule has 1 heterocycles. The molecular weight excluding hydrogens is 358 g/mol. The van der Waals surface area contributed by atoms with E-state index >= 15 is 0 Å². The van der Waals surface area contributed by atoms with Crippen LogP contribution in [0.15, 0.2) is 59.4 Å². The predicted molar refractivity (Wildman–Crippen MR) is 105 cm³/mol. The first-order chi connectivity index (χ1) is 13.5. The summed E-state index contributed by atoms with van der Waals surface area (Å²) in [5, 5.41) is 2.66. The van der Waals surface area contributed by atoms with E-state index in [2.05, 4.69) is 15.7 Å². The standard InChI is InChI=1S/C20H21N5O3/c1-13-20(28)25(17-10-6-5-9-15(17)22-13)12-18(26)23-16(19(27)24-21)11-14-7-3-2-4-8-14/h2-10,16H,11-12,21H2,1H3,(H,23,26)(H,24,27)/t16-/m0/s1. The lowest BCUT2D eigenvalue weighted by Crippen LogP contribution is -2.51. The van der Waals surface area contributed by atoms with Gasteiger partial charge in [0.15, 0.2) is 0 Å². The number of aryl methyl sites for hydroxylation is 1. The summed E-state index contributed by atoms with van der Waals surface area (Å²) in [7, 11) is 0. The van der Waals surface area contributed by atoms with Gasteiger partial charge in [-0.3, -0.25) is 24.4 Å². The summed E-state index contributed by atoms with van der Waals surface area (Å²) in [6, 6.07) is 15.5. The Morgan fingerprint density at radius 2 is 1.79 bits per heavy atom. The van der Waals surface area contributed by atoms with Gasteiger partial charge in [-0.25, -0.2) is 10.8 Å². The Labute approximate surface area is 161 Å². The highest BCUT2D eigenvalue weighted by Gasteiger charge is 2.21. The van der Waals surface area contributed by atoms with Crippen molar-refractivity contribution in [3.63, 3.8) is 0 Å². The molecule has 3 rings (SSSR count). The van der Waals surface area contributed by atoms with E-state index in [-0.39, 0.29) is 18.5 Å².